The normalized spacial score (nSPS) is 13.7. The molecule has 2 unspecified atom stereocenters. The van der Waals surface area contributed by atoms with Crippen LogP contribution in [0.4, 0.5) is 5.69 Å². The number of nitrogen functional groups attached to an aromatic ring is 1. The summed E-state index contributed by atoms with van der Waals surface area (Å²) in [5.74, 6) is 5.99. The number of rotatable bonds is 6. The van der Waals surface area contributed by atoms with Crippen LogP contribution in [-0.4, -0.2) is 11.9 Å². The van der Waals surface area contributed by atoms with Gasteiger partial charge in [-0.25, -0.2) is 0 Å². The Morgan fingerprint density at radius 2 is 2.05 bits per heavy atom. The molecule has 0 bridgehead atoms. The van der Waals surface area contributed by atoms with Gasteiger partial charge in [-0.2, -0.15) is 0 Å². The van der Waals surface area contributed by atoms with Gasteiger partial charge in [0.25, 0.3) is 5.91 Å². The summed E-state index contributed by atoms with van der Waals surface area (Å²) >= 11 is 0. The molecule has 0 aliphatic rings. The summed E-state index contributed by atoms with van der Waals surface area (Å²) in [6.45, 7) is 8.36. The molecule has 0 saturated heterocycles. The summed E-state index contributed by atoms with van der Waals surface area (Å²) in [5, 5.41) is 3.02. The number of hydrogen-bond donors (Lipinski definition) is 3. The molecule has 1 aromatic rings. The van der Waals surface area contributed by atoms with Crippen LogP contribution in [0, 0.1) is 12.8 Å². The third kappa shape index (κ3) is 4.56. The lowest BCUT2D eigenvalue weighted by atomic mass is 10.00. The first kappa shape index (κ1) is 15.5. The molecule has 0 radical (unpaired) electrons. The zero-order chi connectivity index (χ0) is 14.4. The van der Waals surface area contributed by atoms with E-state index in [1.54, 1.807) is 6.07 Å². The number of hydrogen-bond acceptors (Lipinski definition) is 3. The summed E-state index contributed by atoms with van der Waals surface area (Å²) in [4.78, 5) is 12.2. The van der Waals surface area contributed by atoms with Gasteiger partial charge in [-0.15, -0.1) is 0 Å². The first-order chi connectivity index (χ1) is 8.97. The zero-order valence-electron chi connectivity index (χ0n) is 12.3. The Balaban J connectivity index is 2.73. The van der Waals surface area contributed by atoms with Crippen LogP contribution in [0.25, 0.3) is 0 Å². The average molecular weight is 263 g/mol. The molecule has 0 aliphatic heterocycles. The molecule has 1 aromatic carbocycles. The van der Waals surface area contributed by atoms with Gasteiger partial charge in [0, 0.05) is 6.04 Å². The van der Waals surface area contributed by atoms with E-state index in [0.717, 1.165) is 18.4 Å². The molecule has 106 valence electrons. The van der Waals surface area contributed by atoms with Crippen molar-refractivity contribution in [2.45, 2.75) is 46.6 Å². The van der Waals surface area contributed by atoms with E-state index in [2.05, 4.69) is 24.6 Å². The minimum atomic E-state index is -0.0799. The molecule has 2 atom stereocenters. The fourth-order valence-electron chi connectivity index (χ4n) is 2.11. The molecule has 0 aliphatic carbocycles. The van der Waals surface area contributed by atoms with E-state index >= 15 is 0 Å². The Labute approximate surface area is 115 Å². The van der Waals surface area contributed by atoms with Crippen LogP contribution in [0.2, 0.25) is 0 Å². The van der Waals surface area contributed by atoms with Gasteiger partial charge in [-0.05, 0) is 43.9 Å². The van der Waals surface area contributed by atoms with Crippen LogP contribution >= 0.6 is 0 Å². The number of amides is 1. The fraction of sp³-hybridized carbons (Fsp3) is 0.533. The van der Waals surface area contributed by atoms with E-state index in [0.29, 0.717) is 17.2 Å². The maximum absolute atomic E-state index is 12.2. The van der Waals surface area contributed by atoms with Crippen molar-refractivity contribution in [1.82, 2.24) is 5.32 Å². The number of nitrogens with two attached hydrogens (primary N) is 1. The molecule has 0 spiro atoms. The van der Waals surface area contributed by atoms with Crippen LogP contribution in [0.15, 0.2) is 18.2 Å². The van der Waals surface area contributed by atoms with Gasteiger partial charge in [0.2, 0.25) is 0 Å². The van der Waals surface area contributed by atoms with Crippen LogP contribution in [0.5, 0.6) is 0 Å². The lowest BCUT2D eigenvalue weighted by molar-refractivity contribution is 0.0936. The number of benzene rings is 1. The van der Waals surface area contributed by atoms with Crippen LogP contribution in [-0.2, 0) is 0 Å². The lowest BCUT2D eigenvalue weighted by Gasteiger charge is -2.18. The highest BCUT2D eigenvalue weighted by molar-refractivity contribution is 5.99. The first-order valence-corrected chi connectivity index (χ1v) is 6.86. The topological polar surface area (TPSA) is 67.2 Å². The Morgan fingerprint density at radius 1 is 1.37 bits per heavy atom. The highest BCUT2D eigenvalue weighted by Crippen LogP contribution is 2.17. The minimum absolute atomic E-state index is 0.0799. The maximum atomic E-state index is 12.2. The van der Waals surface area contributed by atoms with Gasteiger partial charge in [-0.1, -0.05) is 26.3 Å². The molecule has 4 heteroatoms. The molecule has 0 aromatic heterocycles. The van der Waals surface area contributed by atoms with Gasteiger partial charge >= 0.3 is 0 Å². The van der Waals surface area contributed by atoms with Crippen LogP contribution < -0.4 is 16.6 Å². The standard InChI is InChI=1S/C15H25N3O/c1-5-10(2)8-12(4)17-15(19)13-7-6-11(3)9-14(13)18-16/h6-7,9-10,12,18H,5,8,16H2,1-4H3,(H,17,19). The third-order valence-corrected chi connectivity index (χ3v) is 3.41. The van der Waals surface area contributed by atoms with Crippen molar-refractivity contribution in [3.63, 3.8) is 0 Å². The molecule has 0 fully saturated rings. The number of nitrogens with one attached hydrogen (secondary N) is 2. The predicted molar refractivity (Wildman–Crippen MR) is 80.0 cm³/mol. The molecule has 19 heavy (non-hydrogen) atoms. The Hall–Kier alpha value is -1.55. The molecule has 4 N–H and O–H groups in total. The van der Waals surface area contributed by atoms with E-state index in [-0.39, 0.29) is 11.9 Å². The second-order valence-electron chi connectivity index (χ2n) is 5.32. The summed E-state index contributed by atoms with van der Waals surface area (Å²) in [6.07, 6.45) is 2.11. The molecule has 1 amide bonds. The summed E-state index contributed by atoms with van der Waals surface area (Å²) in [7, 11) is 0. The maximum Gasteiger partial charge on any atom is 0.253 e. The van der Waals surface area contributed by atoms with Crippen LogP contribution in [0.1, 0.15) is 49.5 Å². The molecule has 0 heterocycles. The second kappa shape index (κ2) is 7.14. The van der Waals surface area contributed by atoms with Crippen molar-refractivity contribution < 1.29 is 4.79 Å². The number of hydrazine groups is 1. The lowest BCUT2D eigenvalue weighted by Crippen LogP contribution is -2.34. The monoisotopic (exact) mass is 263 g/mol. The van der Waals surface area contributed by atoms with Gasteiger partial charge in [-0.3, -0.25) is 10.6 Å². The van der Waals surface area contributed by atoms with Crippen molar-refractivity contribution >= 4 is 11.6 Å². The largest absolute Gasteiger partial charge is 0.350 e. The molecular formula is C15H25N3O. The molecule has 1 rings (SSSR count). The zero-order valence-corrected chi connectivity index (χ0v) is 12.3. The SMILES string of the molecule is CCC(C)CC(C)NC(=O)c1ccc(C)cc1NN. The van der Waals surface area contributed by atoms with E-state index in [9.17, 15) is 4.79 Å². The predicted octanol–water partition coefficient (Wildman–Crippen LogP) is 2.84. The Bertz CT molecular complexity index is 431. The van der Waals surface area contributed by atoms with E-state index in [1.807, 2.05) is 26.0 Å². The second-order valence-corrected chi connectivity index (χ2v) is 5.32. The first-order valence-electron chi connectivity index (χ1n) is 6.86. The molecule has 0 saturated carbocycles. The van der Waals surface area contributed by atoms with Crippen molar-refractivity contribution in [1.29, 1.82) is 0 Å². The number of anilines is 1. The smallest absolute Gasteiger partial charge is 0.253 e. The summed E-state index contributed by atoms with van der Waals surface area (Å²) in [6, 6.07) is 5.74. The molecule has 4 nitrogen and oxygen atoms in total. The van der Waals surface area contributed by atoms with E-state index in [1.165, 1.54) is 0 Å². The van der Waals surface area contributed by atoms with Crippen molar-refractivity contribution in [3.8, 4) is 0 Å². The van der Waals surface area contributed by atoms with Crippen LogP contribution in [0.3, 0.4) is 0 Å². The average Bonchev–Trinajstić information content (AvgIpc) is 2.37. The van der Waals surface area contributed by atoms with E-state index < -0.39 is 0 Å². The summed E-state index contributed by atoms with van der Waals surface area (Å²) < 4.78 is 0. The Morgan fingerprint density at radius 3 is 2.63 bits per heavy atom. The Kier molecular flexibility index (Phi) is 5.83. The highest BCUT2D eigenvalue weighted by atomic mass is 16.1. The number of aryl methyl sites for hydroxylation is 1. The highest BCUT2D eigenvalue weighted by Gasteiger charge is 2.14. The fourth-order valence-corrected chi connectivity index (χ4v) is 2.11. The third-order valence-electron chi connectivity index (χ3n) is 3.41. The van der Waals surface area contributed by atoms with Crippen molar-refractivity contribution in [2.24, 2.45) is 11.8 Å². The van der Waals surface area contributed by atoms with Gasteiger partial charge < -0.3 is 10.7 Å². The minimum Gasteiger partial charge on any atom is -0.350 e. The van der Waals surface area contributed by atoms with Gasteiger partial charge in [0.1, 0.15) is 0 Å². The van der Waals surface area contributed by atoms with Crippen molar-refractivity contribution in [2.75, 3.05) is 5.43 Å². The number of carbonyl (C=O) groups is 1. The summed E-state index contributed by atoms with van der Waals surface area (Å²) in [5.41, 5.74) is 4.90. The molecular weight excluding hydrogens is 238 g/mol. The van der Waals surface area contributed by atoms with E-state index in [4.69, 9.17) is 5.84 Å². The van der Waals surface area contributed by atoms with Gasteiger partial charge in [0.15, 0.2) is 0 Å². The van der Waals surface area contributed by atoms with Gasteiger partial charge in [0.05, 0.1) is 11.3 Å². The van der Waals surface area contributed by atoms with Crippen molar-refractivity contribution in [3.05, 3.63) is 29.3 Å². The number of carbonyl (C=O) groups excluding carboxylic acids is 1. The quantitative estimate of drug-likeness (QED) is 0.546.